The Kier molecular flexibility index (Phi) is 4.58. The highest BCUT2D eigenvalue weighted by molar-refractivity contribution is 6.30. The molecule has 4 nitrogen and oxygen atoms in total. The van der Waals surface area contributed by atoms with Crippen molar-refractivity contribution in [3.8, 4) is 0 Å². The third kappa shape index (κ3) is 3.05. The van der Waals surface area contributed by atoms with Crippen LogP contribution in [0.4, 0.5) is 0 Å². The topological polar surface area (TPSA) is 61.5 Å². The van der Waals surface area contributed by atoms with Gasteiger partial charge in [-0.05, 0) is 44.0 Å². The first-order chi connectivity index (χ1) is 9.95. The Morgan fingerprint density at radius 3 is 2.76 bits per heavy atom. The summed E-state index contributed by atoms with van der Waals surface area (Å²) >= 11 is 6.06. The van der Waals surface area contributed by atoms with Gasteiger partial charge in [0, 0.05) is 10.9 Å². The third-order valence-electron chi connectivity index (χ3n) is 3.43. The molecule has 0 aliphatic carbocycles. The lowest BCUT2D eigenvalue weighted by Gasteiger charge is -2.28. The largest absolute Gasteiger partial charge is 0.463 e. The van der Waals surface area contributed by atoms with E-state index in [1.54, 1.807) is 19.9 Å². The number of ether oxygens (including phenoxy) is 2. The number of carbonyl (C=O) groups excluding carboxylic acids is 1. The minimum absolute atomic E-state index is 0.302. The van der Waals surface area contributed by atoms with E-state index in [2.05, 4.69) is 0 Å². The zero-order chi connectivity index (χ0) is 15.6. The van der Waals surface area contributed by atoms with E-state index in [9.17, 15) is 4.79 Å². The predicted molar refractivity (Wildman–Crippen MR) is 81.5 cm³/mol. The second-order valence-electron chi connectivity index (χ2n) is 4.83. The standard InChI is InChI=1S/C16H18ClNO3/c1-4-20-16(19)14-10(3)21-15(18)9(2)13(14)11-6-5-7-12(17)8-11/h5-8,13H,4,18H2,1-3H3. The van der Waals surface area contributed by atoms with Crippen LogP contribution in [0.3, 0.4) is 0 Å². The molecule has 1 aromatic rings. The van der Waals surface area contributed by atoms with Crippen molar-refractivity contribution in [2.45, 2.75) is 26.7 Å². The van der Waals surface area contributed by atoms with E-state index in [4.69, 9.17) is 26.8 Å². The van der Waals surface area contributed by atoms with Crippen molar-refractivity contribution in [2.75, 3.05) is 6.61 Å². The fraction of sp³-hybridized carbons (Fsp3) is 0.312. The molecule has 1 aliphatic heterocycles. The number of carbonyl (C=O) groups is 1. The van der Waals surface area contributed by atoms with Crippen LogP contribution in [-0.2, 0) is 14.3 Å². The van der Waals surface area contributed by atoms with Crippen molar-refractivity contribution < 1.29 is 14.3 Å². The molecule has 2 N–H and O–H groups in total. The van der Waals surface area contributed by atoms with Gasteiger partial charge >= 0.3 is 5.97 Å². The Morgan fingerprint density at radius 1 is 1.43 bits per heavy atom. The lowest BCUT2D eigenvalue weighted by atomic mass is 9.83. The second kappa shape index (κ2) is 6.22. The molecule has 1 aliphatic rings. The van der Waals surface area contributed by atoms with Crippen molar-refractivity contribution >= 4 is 17.6 Å². The summed E-state index contributed by atoms with van der Waals surface area (Å²) in [6.07, 6.45) is 0. The van der Waals surface area contributed by atoms with Crippen LogP contribution in [0.2, 0.25) is 5.02 Å². The molecule has 1 heterocycles. The van der Waals surface area contributed by atoms with Crippen LogP contribution < -0.4 is 5.73 Å². The summed E-state index contributed by atoms with van der Waals surface area (Å²) in [6.45, 7) is 5.62. The zero-order valence-corrected chi connectivity index (χ0v) is 13.0. The summed E-state index contributed by atoms with van der Waals surface area (Å²) in [4.78, 5) is 12.3. The van der Waals surface area contributed by atoms with Crippen molar-refractivity contribution in [3.05, 3.63) is 57.6 Å². The van der Waals surface area contributed by atoms with Gasteiger partial charge in [-0.1, -0.05) is 23.7 Å². The van der Waals surface area contributed by atoms with Crippen LogP contribution in [0, 0.1) is 0 Å². The maximum absolute atomic E-state index is 12.3. The summed E-state index contributed by atoms with van der Waals surface area (Å²) < 4.78 is 10.6. The molecule has 0 fully saturated rings. The number of nitrogens with two attached hydrogens (primary N) is 1. The molecule has 0 bridgehead atoms. The van der Waals surface area contributed by atoms with Gasteiger partial charge in [-0.15, -0.1) is 0 Å². The summed E-state index contributed by atoms with van der Waals surface area (Å²) in [5, 5.41) is 0.603. The average molecular weight is 308 g/mol. The second-order valence-corrected chi connectivity index (χ2v) is 5.26. The van der Waals surface area contributed by atoms with Gasteiger partial charge in [0.15, 0.2) is 5.88 Å². The van der Waals surface area contributed by atoms with Crippen LogP contribution in [0.15, 0.2) is 47.1 Å². The molecular formula is C16H18ClNO3. The fourth-order valence-corrected chi connectivity index (χ4v) is 2.63. The van der Waals surface area contributed by atoms with E-state index in [0.717, 1.165) is 11.1 Å². The average Bonchev–Trinajstić information content (AvgIpc) is 2.42. The Morgan fingerprint density at radius 2 is 2.14 bits per heavy atom. The molecule has 21 heavy (non-hydrogen) atoms. The van der Waals surface area contributed by atoms with Crippen LogP contribution in [-0.4, -0.2) is 12.6 Å². The first kappa shape index (κ1) is 15.4. The molecule has 0 spiro atoms. The molecule has 112 valence electrons. The van der Waals surface area contributed by atoms with Crippen molar-refractivity contribution in [1.29, 1.82) is 0 Å². The quantitative estimate of drug-likeness (QED) is 0.868. The van der Waals surface area contributed by atoms with Crippen molar-refractivity contribution in [1.82, 2.24) is 0 Å². The summed E-state index contributed by atoms with van der Waals surface area (Å²) in [5.41, 5.74) is 8.03. The minimum atomic E-state index is -0.396. The van der Waals surface area contributed by atoms with E-state index >= 15 is 0 Å². The van der Waals surface area contributed by atoms with Gasteiger partial charge in [-0.3, -0.25) is 0 Å². The Hall–Kier alpha value is -1.94. The zero-order valence-electron chi connectivity index (χ0n) is 12.3. The Labute approximate surface area is 129 Å². The molecule has 2 rings (SSSR count). The highest BCUT2D eigenvalue weighted by Gasteiger charge is 2.33. The number of halogens is 1. The predicted octanol–water partition coefficient (Wildman–Crippen LogP) is 3.48. The molecule has 0 amide bonds. The van der Waals surface area contributed by atoms with E-state index in [1.807, 2.05) is 25.1 Å². The number of esters is 1. The number of rotatable bonds is 3. The summed E-state index contributed by atoms with van der Waals surface area (Å²) in [5.74, 6) is 0.0652. The number of benzene rings is 1. The molecule has 0 radical (unpaired) electrons. The van der Waals surface area contributed by atoms with E-state index in [0.29, 0.717) is 28.8 Å². The van der Waals surface area contributed by atoms with Crippen LogP contribution in [0.25, 0.3) is 0 Å². The molecule has 1 atom stereocenters. The number of hydrogen-bond acceptors (Lipinski definition) is 4. The van der Waals surface area contributed by atoms with Crippen LogP contribution in [0.5, 0.6) is 0 Å². The first-order valence-electron chi connectivity index (χ1n) is 6.73. The normalized spacial score (nSPS) is 18.6. The Bertz CT molecular complexity index is 634. The maximum atomic E-state index is 12.3. The van der Waals surface area contributed by atoms with Crippen molar-refractivity contribution in [2.24, 2.45) is 5.73 Å². The molecule has 1 aromatic carbocycles. The molecule has 0 saturated heterocycles. The monoisotopic (exact) mass is 307 g/mol. The lowest BCUT2D eigenvalue weighted by molar-refractivity contribution is -0.139. The number of hydrogen-bond donors (Lipinski definition) is 1. The summed E-state index contributed by atoms with van der Waals surface area (Å²) in [7, 11) is 0. The van der Waals surface area contributed by atoms with Gasteiger partial charge in [0.25, 0.3) is 0 Å². The highest BCUT2D eigenvalue weighted by atomic mass is 35.5. The number of allylic oxidation sites excluding steroid dienone is 2. The third-order valence-corrected chi connectivity index (χ3v) is 3.67. The molecule has 0 saturated carbocycles. The first-order valence-corrected chi connectivity index (χ1v) is 7.11. The SMILES string of the molecule is CCOC(=O)C1=C(C)OC(N)=C(C)C1c1cccc(Cl)c1. The molecular weight excluding hydrogens is 290 g/mol. The van der Waals surface area contributed by atoms with Gasteiger partial charge in [0.2, 0.25) is 0 Å². The van der Waals surface area contributed by atoms with Gasteiger partial charge < -0.3 is 15.2 Å². The van der Waals surface area contributed by atoms with Gasteiger partial charge in [0.05, 0.1) is 12.2 Å². The lowest BCUT2D eigenvalue weighted by Crippen LogP contribution is -2.25. The fourth-order valence-electron chi connectivity index (χ4n) is 2.44. The van der Waals surface area contributed by atoms with Gasteiger partial charge in [-0.2, -0.15) is 0 Å². The van der Waals surface area contributed by atoms with Gasteiger partial charge in [0.1, 0.15) is 5.76 Å². The molecule has 0 aromatic heterocycles. The maximum Gasteiger partial charge on any atom is 0.338 e. The van der Waals surface area contributed by atoms with Crippen LogP contribution >= 0.6 is 11.6 Å². The van der Waals surface area contributed by atoms with E-state index < -0.39 is 5.97 Å². The smallest absolute Gasteiger partial charge is 0.338 e. The van der Waals surface area contributed by atoms with Gasteiger partial charge in [-0.25, -0.2) is 4.79 Å². The Balaban J connectivity index is 2.55. The van der Waals surface area contributed by atoms with E-state index in [1.165, 1.54) is 0 Å². The molecule has 1 unspecified atom stereocenters. The molecule has 5 heteroatoms. The highest BCUT2D eigenvalue weighted by Crippen LogP contribution is 2.40. The van der Waals surface area contributed by atoms with Crippen molar-refractivity contribution in [3.63, 3.8) is 0 Å². The summed E-state index contributed by atoms with van der Waals surface area (Å²) in [6, 6.07) is 7.36. The van der Waals surface area contributed by atoms with Crippen LogP contribution in [0.1, 0.15) is 32.3 Å². The van der Waals surface area contributed by atoms with E-state index in [-0.39, 0.29) is 5.92 Å². The minimum Gasteiger partial charge on any atom is -0.463 e.